The van der Waals surface area contributed by atoms with Crippen LogP contribution in [0.2, 0.25) is 0 Å². The van der Waals surface area contributed by atoms with Gasteiger partial charge in [0.1, 0.15) is 0 Å². The number of benzene rings is 2. The molecule has 2 aromatic rings. The Kier molecular flexibility index (Phi) is 7.04. The van der Waals surface area contributed by atoms with E-state index in [4.69, 9.17) is 0 Å². The largest absolute Gasteiger partial charge is 0.303 e. The van der Waals surface area contributed by atoms with Crippen molar-refractivity contribution in [2.75, 3.05) is 7.05 Å². The van der Waals surface area contributed by atoms with Crippen molar-refractivity contribution in [3.05, 3.63) is 71.8 Å². The Morgan fingerprint density at radius 2 is 1.56 bits per heavy atom. The van der Waals surface area contributed by atoms with Crippen molar-refractivity contribution >= 4 is 27.9 Å². The van der Waals surface area contributed by atoms with Crippen LogP contribution in [0, 0.1) is 0 Å². The molecule has 1 unspecified atom stereocenters. The molecule has 134 valence electrons. The summed E-state index contributed by atoms with van der Waals surface area (Å²) in [5.41, 5.74) is 1.95. The number of amides is 1. The fourth-order valence-electron chi connectivity index (χ4n) is 2.08. The van der Waals surface area contributed by atoms with Crippen molar-refractivity contribution in [2.24, 2.45) is 0 Å². The Bertz CT molecular complexity index is 780. The summed E-state index contributed by atoms with van der Waals surface area (Å²) in [7, 11) is -2.42. The third-order valence-electron chi connectivity index (χ3n) is 3.60. The first-order valence-electron chi connectivity index (χ1n) is 7.86. The SMILES string of the molecule is CC(SCc1ccccc1)C(=O)NS(=O)(=O)N(C)Cc1ccccc1. The zero-order valence-corrected chi connectivity index (χ0v) is 15.9. The fraction of sp³-hybridized carbons (Fsp3) is 0.278. The first-order chi connectivity index (χ1) is 11.9. The van der Waals surface area contributed by atoms with Gasteiger partial charge in [-0.25, -0.2) is 4.72 Å². The molecule has 0 radical (unpaired) electrons. The van der Waals surface area contributed by atoms with Gasteiger partial charge in [-0.2, -0.15) is 12.7 Å². The quantitative estimate of drug-likeness (QED) is 0.767. The molecular formula is C18H22N2O3S2. The van der Waals surface area contributed by atoms with Crippen LogP contribution in [0.5, 0.6) is 0 Å². The highest BCUT2D eigenvalue weighted by atomic mass is 32.2. The molecule has 25 heavy (non-hydrogen) atoms. The van der Waals surface area contributed by atoms with Gasteiger partial charge in [0.15, 0.2) is 0 Å². The zero-order chi connectivity index (χ0) is 18.3. The molecular weight excluding hydrogens is 356 g/mol. The van der Waals surface area contributed by atoms with Crippen molar-refractivity contribution in [3.8, 4) is 0 Å². The van der Waals surface area contributed by atoms with E-state index in [1.807, 2.05) is 60.7 Å². The van der Waals surface area contributed by atoms with Crippen molar-refractivity contribution in [3.63, 3.8) is 0 Å². The van der Waals surface area contributed by atoms with Gasteiger partial charge in [0, 0.05) is 19.3 Å². The minimum absolute atomic E-state index is 0.203. The highest BCUT2D eigenvalue weighted by Crippen LogP contribution is 2.18. The lowest BCUT2D eigenvalue weighted by Gasteiger charge is -2.19. The lowest BCUT2D eigenvalue weighted by atomic mass is 10.2. The predicted octanol–water partition coefficient (Wildman–Crippen LogP) is 2.80. The Balaban J connectivity index is 1.88. The molecule has 0 aliphatic rings. The Morgan fingerprint density at radius 3 is 2.12 bits per heavy atom. The molecule has 1 amide bonds. The standard InChI is InChI=1S/C18H22N2O3S2/c1-15(24-14-17-11-7-4-8-12-17)18(21)19-25(22,23)20(2)13-16-9-5-3-6-10-16/h3-12,15H,13-14H2,1-2H3,(H,19,21). The molecule has 2 rings (SSSR count). The predicted molar refractivity (Wildman–Crippen MR) is 102 cm³/mol. The van der Waals surface area contributed by atoms with Crippen LogP contribution >= 0.6 is 11.8 Å². The maximum Gasteiger partial charge on any atom is 0.303 e. The zero-order valence-electron chi connectivity index (χ0n) is 14.3. The van der Waals surface area contributed by atoms with Gasteiger partial charge in [-0.1, -0.05) is 60.7 Å². The van der Waals surface area contributed by atoms with Crippen LogP contribution in [-0.2, 0) is 27.3 Å². The molecule has 1 atom stereocenters. The van der Waals surface area contributed by atoms with E-state index in [2.05, 4.69) is 4.72 Å². The first kappa shape index (κ1) is 19.5. The first-order valence-corrected chi connectivity index (χ1v) is 10.3. The van der Waals surface area contributed by atoms with Gasteiger partial charge in [-0.15, -0.1) is 11.8 Å². The second-order valence-corrected chi connectivity index (χ2v) is 8.76. The minimum atomic E-state index is -3.87. The fourth-order valence-corrected chi connectivity index (χ4v) is 3.91. The van der Waals surface area contributed by atoms with E-state index < -0.39 is 21.4 Å². The summed E-state index contributed by atoms with van der Waals surface area (Å²) in [6, 6.07) is 19.0. The summed E-state index contributed by atoms with van der Waals surface area (Å²) < 4.78 is 27.9. The van der Waals surface area contributed by atoms with Crippen LogP contribution in [0.1, 0.15) is 18.1 Å². The highest BCUT2D eigenvalue weighted by molar-refractivity contribution is 8.00. The van der Waals surface area contributed by atoms with Crippen molar-refractivity contribution < 1.29 is 13.2 Å². The molecule has 0 saturated carbocycles. The molecule has 5 nitrogen and oxygen atoms in total. The lowest BCUT2D eigenvalue weighted by Crippen LogP contribution is -2.43. The van der Waals surface area contributed by atoms with Gasteiger partial charge in [0.2, 0.25) is 5.91 Å². The summed E-state index contributed by atoms with van der Waals surface area (Å²) >= 11 is 1.40. The smallest absolute Gasteiger partial charge is 0.273 e. The minimum Gasteiger partial charge on any atom is -0.273 e. The van der Waals surface area contributed by atoms with Gasteiger partial charge in [0.05, 0.1) is 5.25 Å². The van der Waals surface area contributed by atoms with Crippen molar-refractivity contribution in [2.45, 2.75) is 24.5 Å². The molecule has 7 heteroatoms. The van der Waals surface area contributed by atoms with Crippen LogP contribution in [0.4, 0.5) is 0 Å². The van der Waals surface area contributed by atoms with Crippen LogP contribution < -0.4 is 4.72 Å². The van der Waals surface area contributed by atoms with Gasteiger partial charge in [-0.3, -0.25) is 4.79 Å². The number of carbonyl (C=O) groups excluding carboxylic acids is 1. The van der Waals surface area contributed by atoms with E-state index in [9.17, 15) is 13.2 Å². The average Bonchev–Trinajstić information content (AvgIpc) is 2.61. The van der Waals surface area contributed by atoms with Crippen LogP contribution in [-0.4, -0.2) is 30.9 Å². The van der Waals surface area contributed by atoms with Gasteiger partial charge < -0.3 is 0 Å². The number of rotatable bonds is 8. The van der Waals surface area contributed by atoms with Crippen LogP contribution in [0.15, 0.2) is 60.7 Å². The lowest BCUT2D eigenvalue weighted by molar-refractivity contribution is -0.118. The Hall–Kier alpha value is -1.83. The van der Waals surface area contributed by atoms with Crippen LogP contribution in [0.25, 0.3) is 0 Å². The van der Waals surface area contributed by atoms with E-state index in [-0.39, 0.29) is 6.54 Å². The van der Waals surface area contributed by atoms with Crippen molar-refractivity contribution in [1.82, 2.24) is 9.03 Å². The average molecular weight is 379 g/mol. The number of nitrogens with one attached hydrogen (secondary N) is 1. The topological polar surface area (TPSA) is 66.5 Å². The van der Waals surface area contributed by atoms with Gasteiger partial charge >= 0.3 is 10.2 Å². The van der Waals surface area contributed by atoms with Gasteiger partial charge in [-0.05, 0) is 18.1 Å². The third-order valence-corrected chi connectivity index (χ3v) is 6.22. The summed E-state index contributed by atoms with van der Waals surface area (Å²) in [5, 5.41) is -0.472. The second kappa shape index (κ2) is 9.03. The van der Waals surface area contributed by atoms with Crippen molar-refractivity contribution in [1.29, 1.82) is 0 Å². The number of hydrogen-bond acceptors (Lipinski definition) is 4. The summed E-state index contributed by atoms with van der Waals surface area (Å²) in [6.45, 7) is 1.91. The summed E-state index contributed by atoms with van der Waals surface area (Å²) in [6.07, 6.45) is 0. The number of thioether (sulfide) groups is 1. The molecule has 0 aliphatic heterocycles. The van der Waals surface area contributed by atoms with E-state index >= 15 is 0 Å². The molecule has 0 fully saturated rings. The maximum atomic E-state index is 12.3. The molecule has 0 aliphatic carbocycles. The molecule has 1 N–H and O–H groups in total. The Labute approximate surface area is 153 Å². The molecule has 0 bridgehead atoms. The van der Waals surface area contributed by atoms with E-state index in [0.29, 0.717) is 5.75 Å². The number of nitrogens with zero attached hydrogens (tertiary/aromatic N) is 1. The molecule has 2 aromatic carbocycles. The second-order valence-electron chi connectivity index (χ2n) is 5.65. The normalized spacial score (nSPS) is 12.8. The molecule has 0 heterocycles. The summed E-state index contributed by atoms with van der Waals surface area (Å²) in [5.74, 6) is 0.135. The van der Waals surface area contributed by atoms with Gasteiger partial charge in [0.25, 0.3) is 0 Å². The monoisotopic (exact) mass is 378 g/mol. The van der Waals surface area contributed by atoms with E-state index in [1.165, 1.54) is 18.8 Å². The number of carbonyl (C=O) groups is 1. The molecule has 0 aromatic heterocycles. The van der Waals surface area contributed by atoms with E-state index in [0.717, 1.165) is 15.4 Å². The molecule has 0 saturated heterocycles. The summed E-state index contributed by atoms with van der Waals surface area (Å²) in [4.78, 5) is 12.2. The molecule has 0 spiro atoms. The van der Waals surface area contributed by atoms with Crippen LogP contribution in [0.3, 0.4) is 0 Å². The highest BCUT2D eigenvalue weighted by Gasteiger charge is 2.24. The third kappa shape index (κ3) is 6.19. The maximum absolute atomic E-state index is 12.3. The Morgan fingerprint density at radius 1 is 1.04 bits per heavy atom. The van der Waals surface area contributed by atoms with E-state index in [1.54, 1.807) is 6.92 Å². The number of hydrogen-bond donors (Lipinski definition) is 1.